The van der Waals surface area contributed by atoms with Gasteiger partial charge in [0.2, 0.25) is 5.91 Å². The topological polar surface area (TPSA) is 85.4 Å². The lowest BCUT2D eigenvalue weighted by Crippen LogP contribution is -2.26. The van der Waals surface area contributed by atoms with Gasteiger partial charge in [0.05, 0.1) is 23.3 Å². The van der Waals surface area contributed by atoms with Crippen molar-refractivity contribution in [3.63, 3.8) is 0 Å². The number of anilines is 1. The average Bonchev–Trinajstić information content (AvgIpc) is 3.14. The Bertz CT molecular complexity index is 1070. The fourth-order valence-corrected chi connectivity index (χ4v) is 3.41. The lowest BCUT2D eigenvalue weighted by Gasteiger charge is -2.14. The molecular weight excluding hydrogens is 346 g/mol. The van der Waals surface area contributed by atoms with Gasteiger partial charge in [-0.2, -0.15) is 0 Å². The minimum Gasteiger partial charge on any atom is -0.492 e. The molecule has 0 spiro atoms. The minimum atomic E-state index is -0.317. The van der Waals surface area contributed by atoms with E-state index >= 15 is 0 Å². The summed E-state index contributed by atoms with van der Waals surface area (Å²) in [7, 11) is 0. The number of hydrogen-bond donors (Lipinski definition) is 2. The molecule has 2 N–H and O–H groups in total. The van der Waals surface area contributed by atoms with E-state index in [1.807, 2.05) is 32.0 Å². The van der Waals surface area contributed by atoms with Crippen molar-refractivity contribution < 1.29 is 14.3 Å². The lowest BCUT2D eigenvalue weighted by molar-refractivity contribution is -0.116. The number of imidazole rings is 1. The third-order valence-corrected chi connectivity index (χ3v) is 4.56. The molecule has 0 aliphatic carbocycles. The molecule has 7 heteroatoms. The second kappa shape index (κ2) is 6.83. The highest BCUT2D eigenvalue weighted by molar-refractivity contribution is 5.93. The van der Waals surface area contributed by atoms with E-state index < -0.39 is 0 Å². The van der Waals surface area contributed by atoms with Crippen LogP contribution >= 0.6 is 0 Å². The zero-order chi connectivity index (χ0) is 19.0. The van der Waals surface area contributed by atoms with Gasteiger partial charge < -0.3 is 19.8 Å². The molecule has 1 aliphatic heterocycles. The summed E-state index contributed by atoms with van der Waals surface area (Å²) >= 11 is 0. The number of aromatic amines is 1. The summed E-state index contributed by atoms with van der Waals surface area (Å²) in [5, 5.41) is 2.85. The molecule has 3 aromatic rings. The van der Waals surface area contributed by atoms with E-state index in [0.717, 1.165) is 17.7 Å². The van der Waals surface area contributed by atoms with Gasteiger partial charge in [0.1, 0.15) is 24.1 Å². The molecule has 0 radical (unpaired) electrons. The predicted octanol–water partition coefficient (Wildman–Crippen LogP) is 2.69. The molecule has 0 fully saturated rings. The van der Waals surface area contributed by atoms with E-state index in [1.165, 1.54) is 4.57 Å². The lowest BCUT2D eigenvalue weighted by atomic mass is 10.1. The smallest absolute Gasteiger partial charge is 0.326 e. The monoisotopic (exact) mass is 367 g/mol. The van der Waals surface area contributed by atoms with E-state index in [4.69, 9.17) is 9.47 Å². The van der Waals surface area contributed by atoms with Gasteiger partial charge in [-0.1, -0.05) is 12.1 Å². The van der Waals surface area contributed by atoms with Crippen LogP contribution in [0.25, 0.3) is 11.0 Å². The van der Waals surface area contributed by atoms with E-state index in [-0.39, 0.29) is 24.2 Å². The summed E-state index contributed by atoms with van der Waals surface area (Å²) in [6.07, 6.45) is 0.916. The number of H-pyrrole nitrogens is 1. The van der Waals surface area contributed by atoms with Gasteiger partial charge in [0, 0.05) is 18.1 Å². The van der Waals surface area contributed by atoms with Gasteiger partial charge in [-0.25, -0.2) is 4.79 Å². The summed E-state index contributed by atoms with van der Waals surface area (Å²) in [5.41, 5.74) is 2.68. The molecule has 4 rings (SSSR count). The Morgan fingerprint density at radius 2 is 2.19 bits per heavy atom. The minimum absolute atomic E-state index is 0.0945. The Hall–Kier alpha value is -3.22. The molecule has 7 nitrogen and oxygen atoms in total. The normalized spacial score (nSPS) is 15.4. The first-order valence-electron chi connectivity index (χ1n) is 8.99. The molecule has 27 heavy (non-hydrogen) atoms. The van der Waals surface area contributed by atoms with Gasteiger partial charge in [-0.05, 0) is 32.0 Å². The highest BCUT2D eigenvalue weighted by Crippen LogP contribution is 2.38. The Labute approximate surface area is 155 Å². The Kier molecular flexibility index (Phi) is 4.35. The first kappa shape index (κ1) is 17.2. The third-order valence-electron chi connectivity index (χ3n) is 4.56. The molecule has 2 heterocycles. The fraction of sp³-hybridized carbons (Fsp3) is 0.300. The maximum atomic E-state index is 12.6. The number of benzene rings is 2. The molecule has 1 aliphatic rings. The zero-order valence-corrected chi connectivity index (χ0v) is 15.2. The number of nitrogens with one attached hydrogen (secondary N) is 2. The number of para-hydroxylation sites is 2. The molecule has 1 unspecified atom stereocenters. The quantitative estimate of drug-likeness (QED) is 0.726. The standard InChI is InChI=1S/C20H21N3O4/c1-3-26-18-9-13-8-12(2)27-17(13)10-15(18)21-19(24)11-23-16-7-5-4-6-14(16)22-20(23)25/h4-7,9-10,12H,3,8,11H2,1-2H3,(H,21,24)(H,22,25). The first-order chi connectivity index (χ1) is 13.0. The Morgan fingerprint density at radius 3 is 3.00 bits per heavy atom. The van der Waals surface area contributed by atoms with Crippen molar-refractivity contribution in [2.45, 2.75) is 32.9 Å². The van der Waals surface area contributed by atoms with E-state index in [1.54, 1.807) is 18.2 Å². The molecular formula is C20H21N3O4. The fourth-order valence-electron chi connectivity index (χ4n) is 3.41. The highest BCUT2D eigenvalue weighted by atomic mass is 16.5. The van der Waals surface area contributed by atoms with Crippen molar-refractivity contribution in [2.75, 3.05) is 11.9 Å². The van der Waals surface area contributed by atoms with Gasteiger partial charge in [0.25, 0.3) is 0 Å². The summed E-state index contributed by atoms with van der Waals surface area (Å²) in [6.45, 7) is 4.29. The van der Waals surface area contributed by atoms with Crippen LogP contribution in [0.15, 0.2) is 41.2 Å². The van der Waals surface area contributed by atoms with Gasteiger partial charge >= 0.3 is 5.69 Å². The number of hydrogen-bond acceptors (Lipinski definition) is 4. The van der Waals surface area contributed by atoms with Crippen molar-refractivity contribution >= 4 is 22.6 Å². The number of fused-ring (bicyclic) bond motifs is 2. The summed E-state index contributed by atoms with van der Waals surface area (Å²) < 4.78 is 12.9. The number of aromatic nitrogens is 2. The molecule has 2 aromatic carbocycles. The van der Waals surface area contributed by atoms with Crippen LogP contribution in [-0.4, -0.2) is 28.2 Å². The molecule has 0 bridgehead atoms. The molecule has 1 atom stereocenters. The van der Waals surface area contributed by atoms with Crippen LogP contribution in [-0.2, 0) is 17.8 Å². The van der Waals surface area contributed by atoms with Crippen LogP contribution in [0.1, 0.15) is 19.4 Å². The second-order valence-electron chi connectivity index (χ2n) is 6.60. The largest absolute Gasteiger partial charge is 0.492 e. The molecule has 1 amide bonds. The van der Waals surface area contributed by atoms with Gasteiger partial charge in [0.15, 0.2) is 0 Å². The van der Waals surface area contributed by atoms with Crippen molar-refractivity contribution in [1.29, 1.82) is 0 Å². The van der Waals surface area contributed by atoms with E-state index in [0.29, 0.717) is 29.1 Å². The van der Waals surface area contributed by atoms with Crippen LogP contribution in [0.3, 0.4) is 0 Å². The first-order valence-corrected chi connectivity index (χ1v) is 8.99. The van der Waals surface area contributed by atoms with Crippen molar-refractivity contribution in [1.82, 2.24) is 9.55 Å². The number of carbonyl (C=O) groups is 1. The van der Waals surface area contributed by atoms with Crippen molar-refractivity contribution in [2.24, 2.45) is 0 Å². The SMILES string of the molecule is CCOc1cc2c(cc1NC(=O)Cn1c(=O)[nH]c3ccccc31)OC(C)C2. The van der Waals surface area contributed by atoms with Crippen LogP contribution < -0.4 is 20.5 Å². The van der Waals surface area contributed by atoms with Crippen LogP contribution in [0.2, 0.25) is 0 Å². The maximum absolute atomic E-state index is 12.6. The number of ether oxygens (including phenoxy) is 2. The zero-order valence-electron chi connectivity index (χ0n) is 15.2. The number of rotatable bonds is 5. The van der Waals surface area contributed by atoms with Gasteiger partial charge in [-0.15, -0.1) is 0 Å². The van der Waals surface area contributed by atoms with Crippen molar-refractivity contribution in [3.05, 3.63) is 52.4 Å². The number of amides is 1. The highest BCUT2D eigenvalue weighted by Gasteiger charge is 2.23. The molecule has 0 saturated heterocycles. The Balaban J connectivity index is 1.60. The van der Waals surface area contributed by atoms with Crippen LogP contribution in [0, 0.1) is 0 Å². The average molecular weight is 367 g/mol. The predicted molar refractivity (Wildman–Crippen MR) is 103 cm³/mol. The van der Waals surface area contributed by atoms with E-state index in [2.05, 4.69) is 10.3 Å². The number of nitrogens with zero attached hydrogens (tertiary/aromatic N) is 1. The third kappa shape index (κ3) is 3.28. The number of carbonyl (C=O) groups excluding carboxylic acids is 1. The van der Waals surface area contributed by atoms with E-state index in [9.17, 15) is 9.59 Å². The van der Waals surface area contributed by atoms with Gasteiger partial charge in [-0.3, -0.25) is 9.36 Å². The Morgan fingerprint density at radius 1 is 1.37 bits per heavy atom. The molecule has 140 valence electrons. The molecule has 0 saturated carbocycles. The summed E-state index contributed by atoms with van der Waals surface area (Å²) in [6, 6.07) is 11.0. The summed E-state index contributed by atoms with van der Waals surface area (Å²) in [5.74, 6) is 1.05. The van der Waals surface area contributed by atoms with Crippen LogP contribution in [0.4, 0.5) is 5.69 Å². The second-order valence-corrected chi connectivity index (χ2v) is 6.60. The maximum Gasteiger partial charge on any atom is 0.326 e. The summed E-state index contributed by atoms with van der Waals surface area (Å²) in [4.78, 5) is 27.5. The van der Waals surface area contributed by atoms with Crippen LogP contribution in [0.5, 0.6) is 11.5 Å². The van der Waals surface area contributed by atoms with Crippen molar-refractivity contribution in [3.8, 4) is 11.5 Å². The molecule has 1 aromatic heterocycles.